The molecule has 0 saturated heterocycles. The molecule has 0 aliphatic rings. The van der Waals surface area contributed by atoms with E-state index in [2.05, 4.69) is 115 Å². The van der Waals surface area contributed by atoms with Gasteiger partial charge in [-0.05, 0) is 59.4 Å². The summed E-state index contributed by atoms with van der Waals surface area (Å²) in [6, 6.07) is 36.2. The fraction of sp³-hybridized carbons (Fsp3) is 0.194. The average molecular weight is 447 g/mol. The van der Waals surface area contributed by atoms with E-state index in [4.69, 9.17) is 9.72 Å². The Morgan fingerprint density at radius 1 is 0.706 bits per heavy atom. The maximum atomic E-state index is 6.00. The fourth-order valence-corrected chi connectivity index (χ4v) is 4.37. The highest BCUT2D eigenvalue weighted by Gasteiger charge is 2.11. The van der Waals surface area contributed by atoms with Crippen LogP contribution in [0.5, 0.6) is 5.75 Å². The number of benzene rings is 4. The summed E-state index contributed by atoms with van der Waals surface area (Å²) < 4.78 is 8.35. The van der Waals surface area contributed by atoms with Gasteiger partial charge >= 0.3 is 0 Å². The highest BCUT2D eigenvalue weighted by atomic mass is 16.5. The molecule has 170 valence electrons. The first-order valence-electron chi connectivity index (χ1n) is 12.1. The summed E-state index contributed by atoms with van der Waals surface area (Å²) in [5.74, 6) is 2.03. The van der Waals surface area contributed by atoms with Gasteiger partial charge in [-0.15, -0.1) is 0 Å². The maximum absolute atomic E-state index is 6.00. The lowest BCUT2D eigenvalue weighted by molar-refractivity contribution is 0.302. The normalized spacial score (nSPS) is 11.1. The Morgan fingerprint density at radius 3 is 2.15 bits per heavy atom. The number of fused-ring (bicyclic) bond motifs is 1. The Bertz CT molecular complexity index is 1340. The molecule has 3 nitrogen and oxygen atoms in total. The van der Waals surface area contributed by atoms with Gasteiger partial charge in [0.1, 0.15) is 11.6 Å². The third kappa shape index (κ3) is 5.04. The molecule has 0 amide bonds. The van der Waals surface area contributed by atoms with Gasteiger partial charge in [-0.3, -0.25) is 0 Å². The van der Waals surface area contributed by atoms with Gasteiger partial charge in [-0.1, -0.05) is 85.8 Å². The first kappa shape index (κ1) is 22.0. The predicted octanol–water partition coefficient (Wildman–Crippen LogP) is 7.33. The maximum Gasteiger partial charge on any atom is 0.119 e. The molecule has 0 saturated carbocycles. The van der Waals surface area contributed by atoms with E-state index in [0.29, 0.717) is 6.61 Å². The Balaban J connectivity index is 1.29. The molecule has 0 unspecified atom stereocenters. The van der Waals surface area contributed by atoms with Crippen molar-refractivity contribution < 1.29 is 4.74 Å². The molecule has 1 heterocycles. The molecule has 34 heavy (non-hydrogen) atoms. The van der Waals surface area contributed by atoms with Crippen molar-refractivity contribution >= 4 is 11.0 Å². The minimum Gasteiger partial charge on any atom is -0.494 e. The van der Waals surface area contributed by atoms with Gasteiger partial charge in [0.05, 0.1) is 17.6 Å². The van der Waals surface area contributed by atoms with Gasteiger partial charge in [-0.25, -0.2) is 4.98 Å². The van der Waals surface area contributed by atoms with Crippen LogP contribution < -0.4 is 4.74 Å². The quantitative estimate of drug-likeness (QED) is 0.222. The number of hydrogen-bond donors (Lipinski definition) is 0. The van der Waals surface area contributed by atoms with Crippen LogP contribution in [0.15, 0.2) is 103 Å². The van der Waals surface area contributed by atoms with Gasteiger partial charge in [0.2, 0.25) is 0 Å². The summed E-state index contributed by atoms with van der Waals surface area (Å²) in [4.78, 5) is 4.97. The molecular formula is C31H30N2O. The van der Waals surface area contributed by atoms with Gasteiger partial charge in [0.15, 0.2) is 0 Å². The van der Waals surface area contributed by atoms with Crippen molar-refractivity contribution in [3.05, 3.63) is 120 Å². The molecule has 5 rings (SSSR count). The lowest BCUT2D eigenvalue weighted by Gasteiger charge is -2.11. The second kappa shape index (κ2) is 10.4. The summed E-state index contributed by atoms with van der Waals surface area (Å²) >= 11 is 0. The Labute approximate surface area is 201 Å². The number of rotatable bonds is 9. The summed E-state index contributed by atoms with van der Waals surface area (Å²) in [7, 11) is 0. The third-order valence-electron chi connectivity index (χ3n) is 6.28. The summed E-state index contributed by atoms with van der Waals surface area (Å²) in [5.41, 5.74) is 7.31. The molecule has 0 N–H and O–H groups in total. The molecule has 0 bridgehead atoms. The van der Waals surface area contributed by atoms with Crippen molar-refractivity contribution in [2.75, 3.05) is 6.61 Å². The molecule has 0 aliphatic carbocycles. The Kier molecular flexibility index (Phi) is 6.71. The fourth-order valence-electron chi connectivity index (χ4n) is 4.37. The minimum atomic E-state index is 0.684. The molecule has 0 fully saturated rings. The van der Waals surface area contributed by atoms with E-state index in [-0.39, 0.29) is 0 Å². The number of ether oxygens (including phenoxy) is 1. The summed E-state index contributed by atoms with van der Waals surface area (Å²) in [6.45, 7) is 3.73. The molecule has 0 spiro atoms. The average Bonchev–Trinajstić information content (AvgIpc) is 3.24. The number of aryl methyl sites for hydroxylation is 2. The van der Waals surface area contributed by atoms with Crippen molar-refractivity contribution in [3.8, 4) is 16.9 Å². The van der Waals surface area contributed by atoms with Crippen LogP contribution in [0.25, 0.3) is 22.2 Å². The molecule has 0 aliphatic heterocycles. The van der Waals surface area contributed by atoms with Gasteiger partial charge in [0, 0.05) is 13.0 Å². The molecule has 1 aromatic heterocycles. The standard InChI is InChI=1S/C31H30N2O/c1-2-24-15-19-28(20-16-24)34-22-8-21-33-30-12-7-6-11-29(30)32-31(33)23-25-13-17-27(18-14-25)26-9-4-3-5-10-26/h3-7,9-20H,2,8,21-23H2,1H3. The molecular weight excluding hydrogens is 416 g/mol. The summed E-state index contributed by atoms with van der Waals surface area (Å²) in [5, 5.41) is 0. The lowest BCUT2D eigenvalue weighted by Crippen LogP contribution is -2.08. The number of imidazole rings is 1. The van der Waals surface area contributed by atoms with Crippen LogP contribution in [-0.2, 0) is 19.4 Å². The van der Waals surface area contributed by atoms with Crippen LogP contribution >= 0.6 is 0 Å². The number of para-hydroxylation sites is 2. The number of nitrogens with zero attached hydrogens (tertiary/aromatic N) is 2. The second-order valence-corrected chi connectivity index (χ2v) is 8.61. The summed E-state index contributed by atoms with van der Waals surface area (Å²) in [6.07, 6.45) is 2.78. The highest BCUT2D eigenvalue weighted by molar-refractivity contribution is 5.76. The zero-order valence-electron chi connectivity index (χ0n) is 19.7. The smallest absolute Gasteiger partial charge is 0.119 e. The molecule has 3 heteroatoms. The number of hydrogen-bond acceptors (Lipinski definition) is 2. The van der Waals surface area contributed by atoms with Crippen LogP contribution in [0.4, 0.5) is 0 Å². The SMILES string of the molecule is CCc1ccc(OCCCn2c(Cc3ccc(-c4ccccc4)cc3)nc3ccccc32)cc1. The van der Waals surface area contributed by atoms with E-state index in [1.54, 1.807) is 0 Å². The van der Waals surface area contributed by atoms with E-state index in [1.165, 1.54) is 27.8 Å². The topological polar surface area (TPSA) is 27.1 Å². The van der Waals surface area contributed by atoms with Crippen molar-refractivity contribution in [1.29, 1.82) is 0 Å². The van der Waals surface area contributed by atoms with Crippen molar-refractivity contribution in [2.24, 2.45) is 0 Å². The van der Waals surface area contributed by atoms with Gasteiger partial charge in [-0.2, -0.15) is 0 Å². The highest BCUT2D eigenvalue weighted by Crippen LogP contribution is 2.23. The molecule has 5 aromatic rings. The van der Waals surface area contributed by atoms with Crippen molar-refractivity contribution in [2.45, 2.75) is 32.7 Å². The van der Waals surface area contributed by atoms with Crippen molar-refractivity contribution in [3.63, 3.8) is 0 Å². The van der Waals surface area contributed by atoms with E-state index in [9.17, 15) is 0 Å². The van der Waals surface area contributed by atoms with E-state index in [0.717, 1.165) is 42.9 Å². The van der Waals surface area contributed by atoms with E-state index >= 15 is 0 Å². The first-order valence-corrected chi connectivity index (χ1v) is 12.1. The zero-order chi connectivity index (χ0) is 23.2. The molecule has 0 atom stereocenters. The number of aromatic nitrogens is 2. The Morgan fingerprint density at radius 2 is 1.38 bits per heavy atom. The molecule has 0 radical (unpaired) electrons. The van der Waals surface area contributed by atoms with Crippen LogP contribution in [0.2, 0.25) is 0 Å². The second-order valence-electron chi connectivity index (χ2n) is 8.61. The third-order valence-corrected chi connectivity index (χ3v) is 6.28. The van der Waals surface area contributed by atoms with Crippen LogP contribution in [0.3, 0.4) is 0 Å². The largest absolute Gasteiger partial charge is 0.494 e. The van der Waals surface area contributed by atoms with Crippen LogP contribution in [0, 0.1) is 0 Å². The minimum absolute atomic E-state index is 0.684. The van der Waals surface area contributed by atoms with Crippen LogP contribution in [-0.4, -0.2) is 16.2 Å². The van der Waals surface area contributed by atoms with E-state index < -0.39 is 0 Å². The molecule has 4 aromatic carbocycles. The van der Waals surface area contributed by atoms with Gasteiger partial charge < -0.3 is 9.30 Å². The Hall–Kier alpha value is -3.85. The lowest BCUT2D eigenvalue weighted by atomic mass is 10.0. The predicted molar refractivity (Wildman–Crippen MR) is 140 cm³/mol. The van der Waals surface area contributed by atoms with Crippen molar-refractivity contribution in [1.82, 2.24) is 9.55 Å². The van der Waals surface area contributed by atoms with Gasteiger partial charge in [0.25, 0.3) is 0 Å². The van der Waals surface area contributed by atoms with Crippen LogP contribution in [0.1, 0.15) is 30.3 Å². The monoisotopic (exact) mass is 446 g/mol. The zero-order valence-corrected chi connectivity index (χ0v) is 19.7. The van der Waals surface area contributed by atoms with E-state index in [1.807, 2.05) is 0 Å². The first-order chi connectivity index (χ1) is 16.8.